The SMILES string of the molecule is CCCN(C(=O)c1ccoc1)[C@H]1CCS(=O)(=O)C1. The van der Waals surface area contributed by atoms with Crippen molar-refractivity contribution in [2.45, 2.75) is 25.8 Å². The first kappa shape index (κ1) is 13.1. The third kappa shape index (κ3) is 2.75. The molecule has 0 aromatic carbocycles. The molecule has 1 fully saturated rings. The van der Waals surface area contributed by atoms with E-state index in [1.807, 2.05) is 6.92 Å². The molecule has 100 valence electrons. The van der Waals surface area contributed by atoms with Gasteiger partial charge in [0.05, 0.1) is 23.3 Å². The van der Waals surface area contributed by atoms with Crippen LogP contribution in [0, 0.1) is 0 Å². The first-order valence-electron chi connectivity index (χ1n) is 6.07. The minimum atomic E-state index is -2.98. The predicted octanol–water partition coefficient (Wildman–Crippen LogP) is 1.32. The highest BCUT2D eigenvalue weighted by molar-refractivity contribution is 7.91. The van der Waals surface area contributed by atoms with Crippen molar-refractivity contribution in [2.24, 2.45) is 0 Å². The highest BCUT2D eigenvalue weighted by Crippen LogP contribution is 2.20. The Bertz CT molecular complexity index is 506. The molecule has 0 radical (unpaired) electrons. The topological polar surface area (TPSA) is 67.6 Å². The predicted molar refractivity (Wildman–Crippen MR) is 67.1 cm³/mol. The van der Waals surface area contributed by atoms with Crippen LogP contribution in [0.5, 0.6) is 0 Å². The van der Waals surface area contributed by atoms with E-state index < -0.39 is 9.84 Å². The molecule has 5 nitrogen and oxygen atoms in total. The molecule has 18 heavy (non-hydrogen) atoms. The number of furan rings is 1. The summed E-state index contributed by atoms with van der Waals surface area (Å²) >= 11 is 0. The molecule has 0 unspecified atom stereocenters. The van der Waals surface area contributed by atoms with Crippen molar-refractivity contribution >= 4 is 15.7 Å². The molecule has 1 aromatic rings. The normalized spacial score (nSPS) is 21.9. The van der Waals surface area contributed by atoms with Crippen molar-refractivity contribution in [3.8, 4) is 0 Å². The van der Waals surface area contributed by atoms with Crippen LogP contribution < -0.4 is 0 Å². The molecule has 1 amide bonds. The third-order valence-electron chi connectivity index (χ3n) is 3.14. The van der Waals surface area contributed by atoms with E-state index in [2.05, 4.69) is 0 Å². The fraction of sp³-hybridized carbons (Fsp3) is 0.583. The van der Waals surface area contributed by atoms with Crippen molar-refractivity contribution in [3.63, 3.8) is 0 Å². The van der Waals surface area contributed by atoms with Crippen LogP contribution in [0.4, 0.5) is 0 Å². The summed E-state index contributed by atoms with van der Waals surface area (Å²) in [6.45, 7) is 2.54. The summed E-state index contributed by atoms with van der Waals surface area (Å²) < 4.78 is 27.9. The van der Waals surface area contributed by atoms with Gasteiger partial charge in [-0.2, -0.15) is 0 Å². The highest BCUT2D eigenvalue weighted by Gasteiger charge is 2.34. The van der Waals surface area contributed by atoms with Crippen LogP contribution in [-0.4, -0.2) is 43.3 Å². The molecule has 0 bridgehead atoms. The number of carbonyl (C=O) groups is 1. The molecule has 1 atom stereocenters. The average molecular weight is 271 g/mol. The van der Waals surface area contributed by atoms with Crippen molar-refractivity contribution in [2.75, 3.05) is 18.1 Å². The fourth-order valence-electron chi connectivity index (χ4n) is 2.26. The Balaban J connectivity index is 2.16. The number of hydrogen-bond acceptors (Lipinski definition) is 4. The second-order valence-corrected chi connectivity index (χ2v) is 6.80. The summed E-state index contributed by atoms with van der Waals surface area (Å²) in [4.78, 5) is 13.9. The Morgan fingerprint density at radius 2 is 2.33 bits per heavy atom. The maximum Gasteiger partial charge on any atom is 0.257 e. The van der Waals surface area contributed by atoms with Gasteiger partial charge in [0.2, 0.25) is 0 Å². The van der Waals surface area contributed by atoms with E-state index in [1.165, 1.54) is 12.5 Å². The van der Waals surface area contributed by atoms with Gasteiger partial charge < -0.3 is 9.32 Å². The molecule has 2 heterocycles. The maximum absolute atomic E-state index is 12.3. The van der Waals surface area contributed by atoms with E-state index in [0.717, 1.165) is 6.42 Å². The molecule has 2 rings (SSSR count). The van der Waals surface area contributed by atoms with Crippen LogP contribution in [0.15, 0.2) is 23.0 Å². The molecule has 1 saturated heterocycles. The van der Waals surface area contributed by atoms with Gasteiger partial charge in [0.1, 0.15) is 6.26 Å². The third-order valence-corrected chi connectivity index (χ3v) is 4.89. The van der Waals surface area contributed by atoms with E-state index in [4.69, 9.17) is 4.42 Å². The lowest BCUT2D eigenvalue weighted by Crippen LogP contribution is -2.41. The summed E-state index contributed by atoms with van der Waals surface area (Å²) in [5, 5.41) is 0. The van der Waals surface area contributed by atoms with Gasteiger partial charge in [0.25, 0.3) is 5.91 Å². The second kappa shape index (κ2) is 5.14. The van der Waals surface area contributed by atoms with Crippen LogP contribution in [0.2, 0.25) is 0 Å². The standard InChI is InChI=1S/C12H17NO4S/c1-2-5-13(11-4-7-18(15,16)9-11)12(14)10-3-6-17-8-10/h3,6,8,11H,2,4-5,7,9H2,1H3/t11-/m0/s1. The molecule has 0 saturated carbocycles. The minimum Gasteiger partial charge on any atom is -0.472 e. The summed E-state index contributed by atoms with van der Waals surface area (Å²) in [5.41, 5.74) is 0.479. The number of carbonyl (C=O) groups excluding carboxylic acids is 1. The summed E-state index contributed by atoms with van der Waals surface area (Å²) in [6, 6.07) is 1.41. The Labute approximate surface area is 107 Å². The van der Waals surface area contributed by atoms with Crippen LogP contribution in [0.3, 0.4) is 0 Å². The Hall–Kier alpha value is -1.30. The first-order chi connectivity index (χ1) is 8.53. The van der Waals surface area contributed by atoms with Gasteiger partial charge >= 0.3 is 0 Å². The van der Waals surface area contributed by atoms with Gasteiger partial charge in [0.15, 0.2) is 9.84 Å². The van der Waals surface area contributed by atoms with Crippen LogP contribution in [0.25, 0.3) is 0 Å². The van der Waals surface area contributed by atoms with Gasteiger partial charge in [-0.15, -0.1) is 0 Å². The van der Waals surface area contributed by atoms with Crippen molar-refractivity contribution < 1.29 is 17.6 Å². The molecular formula is C12H17NO4S. The summed E-state index contributed by atoms with van der Waals surface area (Å²) in [7, 11) is -2.98. The molecule has 0 aliphatic carbocycles. The van der Waals surface area contributed by atoms with Crippen molar-refractivity contribution in [1.82, 2.24) is 4.90 Å². The Morgan fingerprint density at radius 3 is 2.83 bits per heavy atom. The maximum atomic E-state index is 12.3. The van der Waals surface area contributed by atoms with Crippen molar-refractivity contribution in [3.05, 3.63) is 24.2 Å². The van der Waals surface area contributed by atoms with Gasteiger partial charge in [-0.1, -0.05) is 6.92 Å². The van der Waals surface area contributed by atoms with E-state index in [-0.39, 0.29) is 23.5 Å². The lowest BCUT2D eigenvalue weighted by molar-refractivity contribution is 0.0696. The summed E-state index contributed by atoms with van der Waals surface area (Å²) in [6.07, 6.45) is 4.18. The zero-order valence-corrected chi connectivity index (χ0v) is 11.1. The molecule has 1 aliphatic heterocycles. The minimum absolute atomic E-state index is 0.0800. The molecule has 1 aromatic heterocycles. The van der Waals surface area contributed by atoms with E-state index in [9.17, 15) is 13.2 Å². The number of hydrogen-bond donors (Lipinski definition) is 0. The molecule has 6 heteroatoms. The Kier molecular flexibility index (Phi) is 3.75. The molecular weight excluding hydrogens is 254 g/mol. The lowest BCUT2D eigenvalue weighted by Gasteiger charge is -2.27. The van der Waals surface area contributed by atoms with Gasteiger partial charge in [-0.3, -0.25) is 4.79 Å². The average Bonchev–Trinajstić information content (AvgIpc) is 2.94. The van der Waals surface area contributed by atoms with Gasteiger partial charge in [-0.25, -0.2) is 8.42 Å². The second-order valence-electron chi connectivity index (χ2n) is 4.57. The largest absolute Gasteiger partial charge is 0.472 e. The number of amides is 1. The zero-order valence-electron chi connectivity index (χ0n) is 10.3. The monoisotopic (exact) mass is 271 g/mol. The van der Waals surface area contributed by atoms with Crippen molar-refractivity contribution in [1.29, 1.82) is 0 Å². The Morgan fingerprint density at radius 1 is 1.56 bits per heavy atom. The summed E-state index contributed by atoms with van der Waals surface area (Å²) in [5.74, 6) is 0.111. The molecule has 0 N–H and O–H groups in total. The fourth-order valence-corrected chi connectivity index (χ4v) is 3.99. The highest BCUT2D eigenvalue weighted by atomic mass is 32.2. The smallest absolute Gasteiger partial charge is 0.257 e. The molecule has 0 spiro atoms. The van der Waals surface area contributed by atoms with Gasteiger partial charge in [-0.05, 0) is 18.9 Å². The van der Waals surface area contributed by atoms with E-state index >= 15 is 0 Å². The van der Waals surface area contributed by atoms with Crippen LogP contribution >= 0.6 is 0 Å². The number of nitrogens with zero attached hydrogens (tertiary/aromatic N) is 1. The van der Waals surface area contributed by atoms with Crippen LogP contribution in [-0.2, 0) is 9.84 Å². The van der Waals surface area contributed by atoms with E-state index in [1.54, 1.807) is 11.0 Å². The van der Waals surface area contributed by atoms with Gasteiger partial charge in [0, 0.05) is 12.6 Å². The number of rotatable bonds is 4. The number of sulfone groups is 1. The molecule has 1 aliphatic rings. The quantitative estimate of drug-likeness (QED) is 0.828. The van der Waals surface area contributed by atoms with Crippen LogP contribution in [0.1, 0.15) is 30.1 Å². The zero-order chi connectivity index (χ0) is 13.2. The first-order valence-corrected chi connectivity index (χ1v) is 7.89. The van der Waals surface area contributed by atoms with E-state index in [0.29, 0.717) is 18.5 Å². The lowest BCUT2D eigenvalue weighted by atomic mass is 10.1.